The quantitative estimate of drug-likeness (QED) is 0.275. The third-order valence-corrected chi connectivity index (χ3v) is 3.72. The summed E-state index contributed by atoms with van der Waals surface area (Å²) in [5.74, 6) is 1.64. The average Bonchev–Trinajstić information content (AvgIpc) is 2.64. The van der Waals surface area contributed by atoms with Crippen LogP contribution >= 0.6 is 0 Å². The molecule has 7 heteroatoms. The largest absolute Gasteiger partial charge is 0.493 e. The zero-order valence-electron chi connectivity index (χ0n) is 15.3. The molecule has 0 heterocycles. The molecule has 0 bridgehead atoms. The van der Waals surface area contributed by atoms with Crippen LogP contribution in [0.5, 0.6) is 11.5 Å². The minimum atomic E-state index is -0.148. The highest BCUT2D eigenvalue weighted by Crippen LogP contribution is 2.27. The molecule has 1 aromatic carbocycles. The number of ether oxygens (including phenoxy) is 3. The van der Waals surface area contributed by atoms with E-state index in [2.05, 4.69) is 15.0 Å². The molecule has 0 aliphatic rings. The highest BCUT2D eigenvalue weighted by atomic mass is 16.5. The Labute approximate surface area is 149 Å². The van der Waals surface area contributed by atoms with Gasteiger partial charge in [-0.2, -0.15) is 0 Å². The Morgan fingerprint density at radius 2 is 1.80 bits per heavy atom. The number of benzene rings is 1. The number of hydrogen-bond donors (Lipinski definition) is 2. The van der Waals surface area contributed by atoms with Crippen molar-refractivity contribution in [1.82, 2.24) is 5.32 Å². The number of carbonyl (C=O) groups is 1. The molecular formula is C18H29N3O4. The van der Waals surface area contributed by atoms with Crippen LogP contribution < -0.4 is 20.5 Å². The molecule has 1 aromatic rings. The lowest BCUT2D eigenvalue weighted by Crippen LogP contribution is -2.32. The van der Waals surface area contributed by atoms with Crippen LogP contribution in [0.15, 0.2) is 23.2 Å². The first kappa shape index (κ1) is 20.6. The van der Waals surface area contributed by atoms with E-state index in [1.54, 1.807) is 14.2 Å². The highest BCUT2D eigenvalue weighted by Gasteiger charge is 2.04. The third-order valence-electron chi connectivity index (χ3n) is 3.72. The summed E-state index contributed by atoms with van der Waals surface area (Å²) >= 11 is 0. The van der Waals surface area contributed by atoms with E-state index < -0.39 is 0 Å². The molecule has 7 nitrogen and oxygen atoms in total. The fourth-order valence-electron chi connectivity index (χ4n) is 2.28. The van der Waals surface area contributed by atoms with Crippen molar-refractivity contribution in [2.24, 2.45) is 10.7 Å². The fraction of sp³-hybridized carbons (Fsp3) is 0.556. The van der Waals surface area contributed by atoms with Gasteiger partial charge in [-0.15, -0.1) is 0 Å². The molecule has 3 N–H and O–H groups in total. The SMILES string of the molecule is COC(=O)CCCCCCNC(N)=NCc1ccc(OC)c(OC)c1. The van der Waals surface area contributed by atoms with E-state index in [9.17, 15) is 4.79 Å². The van der Waals surface area contributed by atoms with Crippen LogP contribution in [0.4, 0.5) is 0 Å². The summed E-state index contributed by atoms with van der Waals surface area (Å²) in [6.45, 7) is 1.23. The fourth-order valence-corrected chi connectivity index (χ4v) is 2.28. The number of methoxy groups -OCH3 is 3. The smallest absolute Gasteiger partial charge is 0.305 e. The molecule has 0 fully saturated rings. The van der Waals surface area contributed by atoms with Gasteiger partial charge in [0.15, 0.2) is 17.5 Å². The molecule has 1 rings (SSSR count). The van der Waals surface area contributed by atoms with Crippen molar-refractivity contribution >= 4 is 11.9 Å². The molecule has 0 saturated carbocycles. The second-order valence-corrected chi connectivity index (χ2v) is 5.56. The molecule has 0 radical (unpaired) electrons. The van der Waals surface area contributed by atoms with Crippen LogP contribution in [0.3, 0.4) is 0 Å². The number of guanidine groups is 1. The van der Waals surface area contributed by atoms with Crippen molar-refractivity contribution in [2.75, 3.05) is 27.9 Å². The van der Waals surface area contributed by atoms with Crippen molar-refractivity contribution in [3.63, 3.8) is 0 Å². The number of hydrogen-bond acceptors (Lipinski definition) is 5. The summed E-state index contributed by atoms with van der Waals surface area (Å²) in [6.07, 6.45) is 4.36. The second-order valence-electron chi connectivity index (χ2n) is 5.56. The number of nitrogens with two attached hydrogens (primary N) is 1. The van der Waals surface area contributed by atoms with Crippen LogP contribution in [0.1, 0.15) is 37.7 Å². The summed E-state index contributed by atoms with van der Waals surface area (Å²) < 4.78 is 15.1. The Kier molecular flexibility index (Phi) is 9.89. The van der Waals surface area contributed by atoms with Crippen LogP contribution in [0.25, 0.3) is 0 Å². The van der Waals surface area contributed by atoms with Crippen molar-refractivity contribution in [3.05, 3.63) is 23.8 Å². The molecule has 0 aliphatic carbocycles. The van der Waals surface area contributed by atoms with Gasteiger partial charge in [-0.1, -0.05) is 18.9 Å². The predicted octanol–water partition coefficient (Wildman–Crippen LogP) is 2.23. The van der Waals surface area contributed by atoms with Gasteiger partial charge in [0.1, 0.15) is 0 Å². The first-order chi connectivity index (χ1) is 12.1. The van der Waals surface area contributed by atoms with Crippen LogP contribution in [0.2, 0.25) is 0 Å². The lowest BCUT2D eigenvalue weighted by Gasteiger charge is -2.09. The van der Waals surface area contributed by atoms with Gasteiger partial charge in [0.2, 0.25) is 0 Å². The van der Waals surface area contributed by atoms with Crippen molar-refractivity contribution in [1.29, 1.82) is 0 Å². The van der Waals surface area contributed by atoms with Gasteiger partial charge >= 0.3 is 5.97 Å². The number of nitrogens with one attached hydrogen (secondary N) is 1. The number of aliphatic imine (C=N–C) groups is 1. The van der Waals surface area contributed by atoms with E-state index in [4.69, 9.17) is 15.2 Å². The van der Waals surface area contributed by atoms with Crippen molar-refractivity contribution in [2.45, 2.75) is 38.6 Å². The topological polar surface area (TPSA) is 95.2 Å². The molecule has 0 unspecified atom stereocenters. The monoisotopic (exact) mass is 351 g/mol. The van der Waals surface area contributed by atoms with E-state index in [1.165, 1.54) is 7.11 Å². The number of carbonyl (C=O) groups excluding carboxylic acids is 1. The van der Waals surface area contributed by atoms with E-state index in [-0.39, 0.29) is 5.97 Å². The Morgan fingerprint density at radius 1 is 1.08 bits per heavy atom. The van der Waals surface area contributed by atoms with Gasteiger partial charge < -0.3 is 25.3 Å². The van der Waals surface area contributed by atoms with E-state index in [1.807, 2.05) is 18.2 Å². The van der Waals surface area contributed by atoms with E-state index >= 15 is 0 Å². The Bertz CT molecular complexity index is 561. The number of rotatable bonds is 11. The van der Waals surface area contributed by atoms with Gasteiger partial charge in [-0.3, -0.25) is 4.79 Å². The normalized spacial score (nSPS) is 11.1. The first-order valence-electron chi connectivity index (χ1n) is 8.42. The molecule has 0 saturated heterocycles. The maximum atomic E-state index is 11.0. The highest BCUT2D eigenvalue weighted by molar-refractivity contribution is 5.77. The van der Waals surface area contributed by atoms with Gasteiger partial charge in [-0.05, 0) is 30.5 Å². The summed E-state index contributed by atoms with van der Waals surface area (Å²) in [5.41, 5.74) is 6.86. The summed E-state index contributed by atoms with van der Waals surface area (Å²) in [7, 11) is 4.62. The zero-order valence-corrected chi connectivity index (χ0v) is 15.3. The van der Waals surface area contributed by atoms with E-state index in [0.29, 0.717) is 30.4 Å². The van der Waals surface area contributed by atoms with Crippen molar-refractivity contribution in [3.8, 4) is 11.5 Å². The maximum Gasteiger partial charge on any atom is 0.305 e. The molecule has 25 heavy (non-hydrogen) atoms. The predicted molar refractivity (Wildman–Crippen MR) is 98.0 cm³/mol. The summed E-state index contributed by atoms with van der Waals surface area (Å²) in [4.78, 5) is 15.3. The molecule has 0 atom stereocenters. The third kappa shape index (κ3) is 8.28. The summed E-state index contributed by atoms with van der Waals surface area (Å²) in [5, 5.41) is 3.10. The zero-order chi connectivity index (χ0) is 18.5. The molecular weight excluding hydrogens is 322 g/mol. The average molecular weight is 351 g/mol. The minimum absolute atomic E-state index is 0.148. The first-order valence-corrected chi connectivity index (χ1v) is 8.42. The van der Waals surface area contributed by atoms with Crippen LogP contribution in [0, 0.1) is 0 Å². The number of esters is 1. The maximum absolute atomic E-state index is 11.0. The Balaban J connectivity index is 2.24. The number of nitrogens with zero attached hydrogens (tertiary/aromatic N) is 1. The van der Waals surface area contributed by atoms with Gasteiger partial charge in [-0.25, -0.2) is 4.99 Å². The lowest BCUT2D eigenvalue weighted by molar-refractivity contribution is -0.140. The second kappa shape index (κ2) is 12.0. The molecule has 0 spiro atoms. The Morgan fingerprint density at radius 3 is 2.48 bits per heavy atom. The molecule has 0 aromatic heterocycles. The Hall–Kier alpha value is -2.44. The standard InChI is InChI=1S/C18H29N3O4/c1-23-15-10-9-14(12-16(15)24-2)13-21-18(19)20-11-7-5-4-6-8-17(22)25-3/h9-10,12H,4-8,11,13H2,1-3H3,(H3,19,20,21). The van der Waals surface area contributed by atoms with Gasteiger partial charge in [0, 0.05) is 13.0 Å². The van der Waals surface area contributed by atoms with Crippen molar-refractivity contribution < 1.29 is 19.0 Å². The van der Waals surface area contributed by atoms with Gasteiger partial charge in [0.25, 0.3) is 0 Å². The lowest BCUT2D eigenvalue weighted by atomic mass is 10.1. The van der Waals surface area contributed by atoms with Crippen LogP contribution in [-0.2, 0) is 16.1 Å². The number of unbranched alkanes of at least 4 members (excludes halogenated alkanes) is 3. The van der Waals surface area contributed by atoms with Crippen LogP contribution in [-0.4, -0.2) is 39.8 Å². The summed E-state index contributed by atoms with van der Waals surface area (Å²) in [6, 6.07) is 5.66. The van der Waals surface area contributed by atoms with E-state index in [0.717, 1.165) is 37.8 Å². The minimum Gasteiger partial charge on any atom is -0.493 e. The molecule has 0 aliphatic heterocycles. The molecule has 140 valence electrons. The van der Waals surface area contributed by atoms with Gasteiger partial charge in [0.05, 0.1) is 27.9 Å². The molecule has 0 amide bonds.